The Labute approximate surface area is 197 Å². The number of pyridine rings is 1. The summed E-state index contributed by atoms with van der Waals surface area (Å²) < 4.78 is 36.0. The lowest BCUT2D eigenvalue weighted by Gasteiger charge is -2.21. The van der Waals surface area contributed by atoms with E-state index in [2.05, 4.69) is 4.98 Å². The number of sulfonamides is 1. The molecule has 0 aliphatic rings. The van der Waals surface area contributed by atoms with Crippen LogP contribution in [0.2, 0.25) is 0 Å². The number of hydrogen-bond donors (Lipinski definition) is 0. The quantitative estimate of drug-likeness (QED) is 0.467. The highest BCUT2D eigenvalue weighted by molar-refractivity contribution is 7.92. The number of fused-ring (bicyclic) bond motifs is 1. The summed E-state index contributed by atoms with van der Waals surface area (Å²) in [7, 11) is -4.10. The number of ether oxygens (including phenoxy) is 2. The molecule has 3 rings (SSSR count). The summed E-state index contributed by atoms with van der Waals surface area (Å²) in [4.78, 5) is 42.5. The van der Waals surface area contributed by atoms with Gasteiger partial charge in [-0.2, -0.15) is 0 Å². The first kappa shape index (κ1) is 24.8. The molecule has 34 heavy (non-hydrogen) atoms. The van der Waals surface area contributed by atoms with Crippen molar-refractivity contribution in [3.05, 3.63) is 70.9 Å². The van der Waals surface area contributed by atoms with E-state index in [-0.39, 0.29) is 35.6 Å². The van der Waals surface area contributed by atoms with Gasteiger partial charge in [0.15, 0.2) is 0 Å². The number of amides is 1. The maximum absolute atomic E-state index is 13.5. The van der Waals surface area contributed by atoms with Crippen LogP contribution in [0.1, 0.15) is 50.6 Å². The molecule has 0 saturated heterocycles. The standard InChI is InChI=1S/C24H24N2O7S/c1-5-32-23(28)18-11-17(12-19(13-18)24(29)33-6-2)22(27)26(34(4,30)31)20-9-10-21-16(14-20)8-7-15(3)25-21/h7-14H,5-6H2,1-4H3. The number of anilines is 1. The minimum atomic E-state index is -4.10. The highest BCUT2D eigenvalue weighted by Gasteiger charge is 2.29. The third-order valence-corrected chi connectivity index (χ3v) is 5.80. The minimum Gasteiger partial charge on any atom is -0.462 e. The first-order valence-electron chi connectivity index (χ1n) is 10.5. The number of aromatic nitrogens is 1. The SMILES string of the molecule is CCOC(=O)c1cc(C(=O)OCC)cc(C(=O)N(c2ccc3nc(C)ccc3c2)S(C)(=O)=O)c1. The largest absolute Gasteiger partial charge is 0.462 e. The number of carbonyl (C=O) groups is 3. The lowest BCUT2D eigenvalue weighted by Crippen LogP contribution is -2.36. The summed E-state index contributed by atoms with van der Waals surface area (Å²) >= 11 is 0. The molecule has 2 aromatic carbocycles. The minimum absolute atomic E-state index is 0.0752. The van der Waals surface area contributed by atoms with Gasteiger partial charge in [0.1, 0.15) is 0 Å². The summed E-state index contributed by atoms with van der Waals surface area (Å²) in [6.45, 7) is 5.20. The Bertz CT molecular complexity index is 1350. The van der Waals surface area contributed by atoms with Gasteiger partial charge in [-0.1, -0.05) is 6.07 Å². The Morgan fingerprint density at radius 1 is 0.853 bits per heavy atom. The summed E-state index contributed by atoms with van der Waals surface area (Å²) in [6, 6.07) is 11.8. The van der Waals surface area contributed by atoms with Gasteiger partial charge in [0, 0.05) is 16.6 Å². The van der Waals surface area contributed by atoms with Gasteiger partial charge < -0.3 is 9.47 Å². The molecule has 10 heteroatoms. The fourth-order valence-electron chi connectivity index (χ4n) is 3.33. The number of carbonyl (C=O) groups excluding carboxylic acids is 3. The van der Waals surface area contributed by atoms with Crippen molar-refractivity contribution >= 4 is 44.5 Å². The molecule has 0 aliphatic heterocycles. The van der Waals surface area contributed by atoms with E-state index in [4.69, 9.17) is 9.47 Å². The molecule has 0 radical (unpaired) electrons. The number of esters is 2. The van der Waals surface area contributed by atoms with E-state index in [1.807, 2.05) is 6.92 Å². The predicted molar refractivity (Wildman–Crippen MR) is 126 cm³/mol. The Hall–Kier alpha value is -3.79. The maximum Gasteiger partial charge on any atom is 0.338 e. The molecule has 0 spiro atoms. The van der Waals surface area contributed by atoms with Gasteiger partial charge in [-0.15, -0.1) is 0 Å². The average Bonchev–Trinajstić information content (AvgIpc) is 2.78. The van der Waals surface area contributed by atoms with Gasteiger partial charge in [0.05, 0.1) is 41.8 Å². The van der Waals surface area contributed by atoms with E-state index in [0.29, 0.717) is 15.2 Å². The molecule has 3 aromatic rings. The van der Waals surface area contributed by atoms with Crippen molar-refractivity contribution < 1.29 is 32.3 Å². The smallest absolute Gasteiger partial charge is 0.338 e. The second kappa shape index (κ2) is 10.0. The van der Waals surface area contributed by atoms with Crippen molar-refractivity contribution in [2.75, 3.05) is 23.8 Å². The van der Waals surface area contributed by atoms with Gasteiger partial charge in [0.25, 0.3) is 5.91 Å². The maximum atomic E-state index is 13.5. The third-order valence-electron chi connectivity index (χ3n) is 4.76. The zero-order valence-corrected chi connectivity index (χ0v) is 20.0. The van der Waals surface area contributed by atoms with Crippen LogP contribution in [0.5, 0.6) is 0 Å². The van der Waals surface area contributed by atoms with Crippen molar-refractivity contribution in [3.8, 4) is 0 Å². The second-order valence-electron chi connectivity index (χ2n) is 7.40. The molecule has 0 fully saturated rings. The molecule has 1 amide bonds. The number of benzene rings is 2. The molecule has 0 aliphatic carbocycles. The molecule has 0 atom stereocenters. The molecule has 9 nitrogen and oxygen atoms in total. The fraction of sp³-hybridized carbons (Fsp3) is 0.250. The first-order valence-corrected chi connectivity index (χ1v) is 12.3. The van der Waals surface area contributed by atoms with E-state index in [1.54, 1.807) is 32.0 Å². The van der Waals surface area contributed by atoms with E-state index >= 15 is 0 Å². The monoisotopic (exact) mass is 484 g/mol. The summed E-state index contributed by atoms with van der Waals surface area (Å²) in [6.07, 6.45) is 0.893. The molecule has 0 saturated carbocycles. The highest BCUT2D eigenvalue weighted by atomic mass is 32.2. The Kier molecular flexibility index (Phi) is 7.31. The number of hydrogen-bond acceptors (Lipinski definition) is 8. The zero-order valence-electron chi connectivity index (χ0n) is 19.2. The topological polar surface area (TPSA) is 120 Å². The van der Waals surface area contributed by atoms with E-state index < -0.39 is 27.9 Å². The van der Waals surface area contributed by atoms with Crippen molar-refractivity contribution in [2.45, 2.75) is 20.8 Å². The number of rotatable bonds is 7. The summed E-state index contributed by atoms with van der Waals surface area (Å²) in [5.41, 5.74) is 1.16. The van der Waals surface area contributed by atoms with Gasteiger partial charge >= 0.3 is 11.9 Å². The molecule has 0 unspecified atom stereocenters. The molecular formula is C24H24N2O7S. The van der Waals surface area contributed by atoms with Crippen LogP contribution in [-0.2, 0) is 19.5 Å². The molecule has 1 aromatic heterocycles. The molecular weight excluding hydrogens is 460 g/mol. The fourth-order valence-corrected chi connectivity index (χ4v) is 4.24. The van der Waals surface area contributed by atoms with Gasteiger partial charge in [-0.3, -0.25) is 9.78 Å². The predicted octanol–water partition coefficient (Wildman–Crippen LogP) is 3.50. The van der Waals surface area contributed by atoms with Crippen molar-refractivity contribution in [1.82, 2.24) is 4.98 Å². The molecule has 178 valence electrons. The van der Waals surface area contributed by atoms with E-state index in [0.717, 1.165) is 11.9 Å². The number of nitrogens with zero attached hydrogens (tertiary/aromatic N) is 2. The van der Waals surface area contributed by atoms with Crippen LogP contribution in [0.3, 0.4) is 0 Å². The van der Waals surface area contributed by atoms with Gasteiger partial charge in [0.2, 0.25) is 10.0 Å². The van der Waals surface area contributed by atoms with Crippen molar-refractivity contribution in [1.29, 1.82) is 0 Å². The van der Waals surface area contributed by atoms with Crippen molar-refractivity contribution in [2.24, 2.45) is 0 Å². The Morgan fingerprint density at radius 3 is 1.94 bits per heavy atom. The highest BCUT2D eigenvalue weighted by Crippen LogP contribution is 2.26. The van der Waals surface area contributed by atoms with Crippen LogP contribution in [0.25, 0.3) is 10.9 Å². The van der Waals surface area contributed by atoms with E-state index in [1.165, 1.54) is 30.3 Å². The molecule has 1 heterocycles. The molecule has 0 bridgehead atoms. The average molecular weight is 485 g/mol. The Morgan fingerprint density at radius 2 is 1.41 bits per heavy atom. The lowest BCUT2D eigenvalue weighted by atomic mass is 10.0. The van der Waals surface area contributed by atoms with Gasteiger partial charge in [-0.05, 0) is 63.2 Å². The van der Waals surface area contributed by atoms with Crippen LogP contribution in [0, 0.1) is 6.92 Å². The third kappa shape index (κ3) is 5.40. The lowest BCUT2D eigenvalue weighted by molar-refractivity contribution is 0.0525. The van der Waals surface area contributed by atoms with Crippen LogP contribution >= 0.6 is 0 Å². The van der Waals surface area contributed by atoms with Crippen LogP contribution in [0.15, 0.2) is 48.5 Å². The summed E-state index contributed by atoms with van der Waals surface area (Å²) in [5.74, 6) is -2.47. The zero-order chi connectivity index (χ0) is 25.0. The van der Waals surface area contributed by atoms with Crippen LogP contribution in [0.4, 0.5) is 5.69 Å². The van der Waals surface area contributed by atoms with E-state index in [9.17, 15) is 22.8 Å². The number of aryl methyl sites for hydroxylation is 1. The Balaban J connectivity index is 2.15. The normalized spacial score (nSPS) is 11.2. The van der Waals surface area contributed by atoms with Gasteiger partial charge in [-0.25, -0.2) is 22.3 Å². The molecule has 0 N–H and O–H groups in total. The van der Waals surface area contributed by atoms with Crippen LogP contribution in [-0.4, -0.2) is 50.7 Å². The summed E-state index contributed by atoms with van der Waals surface area (Å²) in [5, 5.41) is 0.636. The second-order valence-corrected chi connectivity index (χ2v) is 9.23. The van der Waals surface area contributed by atoms with Crippen molar-refractivity contribution in [3.63, 3.8) is 0 Å². The first-order chi connectivity index (χ1) is 16.0. The van der Waals surface area contributed by atoms with Crippen LogP contribution < -0.4 is 4.31 Å².